The first-order valence-electron chi connectivity index (χ1n) is 5.18. The molecule has 2 N–H and O–H groups in total. The van der Waals surface area contributed by atoms with E-state index < -0.39 is 0 Å². The summed E-state index contributed by atoms with van der Waals surface area (Å²) in [5.41, 5.74) is 2.53. The minimum absolute atomic E-state index is 0.0520. The molecule has 1 aromatic heterocycles. The zero-order valence-corrected chi connectivity index (χ0v) is 9.03. The number of nitrogens with one attached hydrogen (secondary N) is 2. The Morgan fingerprint density at radius 1 is 1.50 bits per heavy atom. The highest BCUT2D eigenvalue weighted by molar-refractivity contribution is 5.95. The van der Waals surface area contributed by atoms with Crippen LogP contribution < -0.4 is 5.32 Å². The number of nitrogens with zero attached hydrogens (tertiary/aromatic N) is 1. The standard InChI is InChI=1S/C12H13N3O/c1-2-14-12(16)10-5-3-4-9(6-10)11-7-13-8-15-11/h3-8H,2H2,1H3,(H,13,15)(H,14,16). The van der Waals surface area contributed by atoms with Crippen molar-refractivity contribution >= 4 is 5.91 Å². The van der Waals surface area contributed by atoms with E-state index in [1.165, 1.54) is 0 Å². The van der Waals surface area contributed by atoms with E-state index in [-0.39, 0.29) is 5.91 Å². The predicted octanol–water partition coefficient (Wildman–Crippen LogP) is 1.83. The van der Waals surface area contributed by atoms with E-state index in [0.29, 0.717) is 12.1 Å². The third-order valence-electron chi connectivity index (χ3n) is 2.27. The smallest absolute Gasteiger partial charge is 0.251 e. The first-order chi connectivity index (χ1) is 7.81. The molecule has 16 heavy (non-hydrogen) atoms. The van der Waals surface area contributed by atoms with Gasteiger partial charge >= 0.3 is 0 Å². The lowest BCUT2D eigenvalue weighted by atomic mass is 10.1. The van der Waals surface area contributed by atoms with Gasteiger partial charge < -0.3 is 10.3 Å². The molecule has 0 bridgehead atoms. The molecule has 0 atom stereocenters. The number of aromatic nitrogens is 2. The monoisotopic (exact) mass is 215 g/mol. The summed E-state index contributed by atoms with van der Waals surface area (Å²) in [4.78, 5) is 18.6. The molecule has 0 aliphatic carbocycles. The van der Waals surface area contributed by atoms with Gasteiger partial charge in [0.25, 0.3) is 5.91 Å². The van der Waals surface area contributed by atoms with Gasteiger partial charge in [0.05, 0.1) is 18.2 Å². The average Bonchev–Trinajstić information content (AvgIpc) is 2.83. The topological polar surface area (TPSA) is 57.8 Å². The predicted molar refractivity (Wildman–Crippen MR) is 62.0 cm³/mol. The summed E-state index contributed by atoms with van der Waals surface area (Å²) in [6.45, 7) is 2.53. The van der Waals surface area contributed by atoms with Gasteiger partial charge in [0.1, 0.15) is 0 Å². The maximum atomic E-state index is 11.6. The highest BCUT2D eigenvalue weighted by atomic mass is 16.1. The average molecular weight is 215 g/mol. The second-order valence-electron chi connectivity index (χ2n) is 3.41. The van der Waals surface area contributed by atoms with Crippen LogP contribution in [0.2, 0.25) is 0 Å². The summed E-state index contributed by atoms with van der Waals surface area (Å²) in [6.07, 6.45) is 3.35. The van der Waals surface area contributed by atoms with Gasteiger partial charge in [-0.3, -0.25) is 4.79 Å². The normalized spacial score (nSPS) is 10.1. The van der Waals surface area contributed by atoms with Crippen molar-refractivity contribution in [3.8, 4) is 11.3 Å². The van der Waals surface area contributed by atoms with Crippen LogP contribution in [0.15, 0.2) is 36.8 Å². The van der Waals surface area contributed by atoms with Gasteiger partial charge in [0.2, 0.25) is 0 Å². The molecule has 0 fully saturated rings. The Labute approximate surface area is 93.7 Å². The van der Waals surface area contributed by atoms with E-state index in [9.17, 15) is 4.79 Å². The first kappa shape index (κ1) is 10.4. The van der Waals surface area contributed by atoms with Gasteiger partial charge in [-0.05, 0) is 19.1 Å². The summed E-state index contributed by atoms with van der Waals surface area (Å²) < 4.78 is 0. The Morgan fingerprint density at radius 3 is 3.06 bits per heavy atom. The number of carbonyl (C=O) groups is 1. The number of aromatic amines is 1. The molecule has 0 aliphatic heterocycles. The van der Waals surface area contributed by atoms with E-state index >= 15 is 0 Å². The Hall–Kier alpha value is -2.10. The molecular weight excluding hydrogens is 202 g/mol. The number of amides is 1. The SMILES string of the molecule is CCNC(=O)c1cccc(-c2cnc[nH]2)c1. The number of rotatable bonds is 3. The maximum Gasteiger partial charge on any atom is 0.251 e. The van der Waals surface area contributed by atoms with Crippen molar-refractivity contribution in [2.75, 3.05) is 6.54 Å². The van der Waals surface area contributed by atoms with Crippen LogP contribution in [0.5, 0.6) is 0 Å². The van der Waals surface area contributed by atoms with Gasteiger partial charge in [0, 0.05) is 17.7 Å². The Morgan fingerprint density at radius 2 is 2.38 bits per heavy atom. The Bertz CT molecular complexity index is 477. The van der Waals surface area contributed by atoms with E-state index in [4.69, 9.17) is 0 Å². The van der Waals surface area contributed by atoms with Crippen LogP contribution in [0.25, 0.3) is 11.3 Å². The molecule has 0 radical (unpaired) electrons. The Balaban J connectivity index is 2.30. The molecule has 1 amide bonds. The first-order valence-corrected chi connectivity index (χ1v) is 5.18. The molecule has 0 saturated heterocycles. The van der Waals surface area contributed by atoms with Crippen molar-refractivity contribution in [2.24, 2.45) is 0 Å². The van der Waals surface area contributed by atoms with Crippen molar-refractivity contribution in [1.82, 2.24) is 15.3 Å². The van der Waals surface area contributed by atoms with Crippen LogP contribution in [0.3, 0.4) is 0 Å². The van der Waals surface area contributed by atoms with Gasteiger partial charge in [0.15, 0.2) is 0 Å². The maximum absolute atomic E-state index is 11.6. The third-order valence-corrected chi connectivity index (χ3v) is 2.27. The van der Waals surface area contributed by atoms with E-state index in [0.717, 1.165) is 11.3 Å². The van der Waals surface area contributed by atoms with Crippen LogP contribution in [0, 0.1) is 0 Å². The molecule has 82 valence electrons. The summed E-state index contributed by atoms with van der Waals surface area (Å²) in [5, 5.41) is 2.77. The molecule has 0 aliphatic rings. The summed E-state index contributed by atoms with van der Waals surface area (Å²) in [5.74, 6) is -0.0520. The zero-order valence-electron chi connectivity index (χ0n) is 9.03. The number of carbonyl (C=O) groups excluding carboxylic acids is 1. The lowest BCUT2D eigenvalue weighted by Gasteiger charge is -2.03. The van der Waals surface area contributed by atoms with E-state index in [1.54, 1.807) is 18.6 Å². The summed E-state index contributed by atoms with van der Waals surface area (Å²) in [6, 6.07) is 7.44. The quantitative estimate of drug-likeness (QED) is 0.820. The molecule has 0 spiro atoms. The number of H-pyrrole nitrogens is 1. The minimum atomic E-state index is -0.0520. The van der Waals surface area contributed by atoms with Gasteiger partial charge in [-0.1, -0.05) is 12.1 Å². The highest BCUT2D eigenvalue weighted by Gasteiger charge is 2.05. The largest absolute Gasteiger partial charge is 0.352 e. The molecule has 2 rings (SSSR count). The second kappa shape index (κ2) is 4.61. The lowest BCUT2D eigenvalue weighted by molar-refractivity contribution is 0.0956. The highest BCUT2D eigenvalue weighted by Crippen LogP contribution is 2.17. The van der Waals surface area contributed by atoms with Crippen molar-refractivity contribution in [3.63, 3.8) is 0 Å². The van der Waals surface area contributed by atoms with Crippen molar-refractivity contribution in [2.45, 2.75) is 6.92 Å². The molecular formula is C12H13N3O. The molecule has 0 unspecified atom stereocenters. The van der Waals surface area contributed by atoms with Gasteiger partial charge in [-0.25, -0.2) is 4.98 Å². The zero-order chi connectivity index (χ0) is 11.4. The minimum Gasteiger partial charge on any atom is -0.352 e. The van der Waals surface area contributed by atoms with Crippen molar-refractivity contribution < 1.29 is 4.79 Å². The van der Waals surface area contributed by atoms with Crippen LogP contribution in [-0.2, 0) is 0 Å². The molecule has 1 aromatic carbocycles. The lowest BCUT2D eigenvalue weighted by Crippen LogP contribution is -2.22. The number of benzene rings is 1. The van der Waals surface area contributed by atoms with Crippen LogP contribution in [-0.4, -0.2) is 22.4 Å². The van der Waals surface area contributed by atoms with Crippen molar-refractivity contribution in [1.29, 1.82) is 0 Å². The van der Waals surface area contributed by atoms with Crippen LogP contribution in [0.4, 0.5) is 0 Å². The molecule has 0 saturated carbocycles. The fourth-order valence-electron chi connectivity index (χ4n) is 1.50. The molecule has 4 nitrogen and oxygen atoms in total. The molecule has 2 aromatic rings. The van der Waals surface area contributed by atoms with Crippen LogP contribution in [0.1, 0.15) is 17.3 Å². The summed E-state index contributed by atoms with van der Waals surface area (Å²) >= 11 is 0. The molecule has 1 heterocycles. The third kappa shape index (κ3) is 2.11. The fraction of sp³-hybridized carbons (Fsp3) is 0.167. The fourth-order valence-corrected chi connectivity index (χ4v) is 1.50. The Kier molecular flexibility index (Phi) is 3.00. The summed E-state index contributed by atoms with van der Waals surface area (Å²) in [7, 11) is 0. The van der Waals surface area contributed by atoms with Gasteiger partial charge in [-0.2, -0.15) is 0 Å². The number of hydrogen-bond acceptors (Lipinski definition) is 2. The van der Waals surface area contributed by atoms with E-state index in [2.05, 4.69) is 15.3 Å². The van der Waals surface area contributed by atoms with E-state index in [1.807, 2.05) is 25.1 Å². The van der Waals surface area contributed by atoms with Crippen LogP contribution >= 0.6 is 0 Å². The van der Waals surface area contributed by atoms with Crippen molar-refractivity contribution in [3.05, 3.63) is 42.4 Å². The number of hydrogen-bond donors (Lipinski definition) is 2. The molecule has 4 heteroatoms. The van der Waals surface area contributed by atoms with Gasteiger partial charge in [-0.15, -0.1) is 0 Å². The number of imidazole rings is 1. The second-order valence-corrected chi connectivity index (χ2v) is 3.41.